The van der Waals surface area contributed by atoms with E-state index in [-0.39, 0.29) is 30.0 Å². The number of carboxylic acid groups (broad SMARTS) is 1. The number of nitrogens with one attached hydrogen (secondary N) is 1. The number of ether oxygens (including phenoxy) is 1. The van der Waals surface area contributed by atoms with Crippen LogP contribution in [0.1, 0.15) is 32.1 Å². The van der Waals surface area contributed by atoms with E-state index < -0.39 is 22.0 Å². The average Bonchev–Trinajstić information content (AvgIpc) is 3.51. The van der Waals surface area contributed by atoms with Crippen molar-refractivity contribution in [1.29, 1.82) is 0 Å². The van der Waals surface area contributed by atoms with Gasteiger partial charge in [-0.1, -0.05) is 23.7 Å². The van der Waals surface area contributed by atoms with Crippen LogP contribution in [0.2, 0.25) is 5.02 Å². The highest BCUT2D eigenvalue weighted by atomic mass is 35.5. The lowest BCUT2D eigenvalue weighted by Crippen LogP contribution is -2.40. The molecule has 1 aliphatic carbocycles. The molecular weight excluding hydrogens is 488 g/mol. The average molecular weight is 515 g/mol. The van der Waals surface area contributed by atoms with Crippen LogP contribution in [0.4, 0.5) is 5.69 Å². The van der Waals surface area contributed by atoms with Crippen molar-refractivity contribution in [2.45, 2.75) is 55.2 Å². The van der Waals surface area contributed by atoms with Crippen molar-refractivity contribution in [3.63, 3.8) is 0 Å². The van der Waals surface area contributed by atoms with Crippen molar-refractivity contribution in [3.8, 4) is 5.75 Å². The second kappa shape index (κ2) is 9.68. The quantitative estimate of drug-likeness (QED) is 0.453. The van der Waals surface area contributed by atoms with Crippen molar-refractivity contribution in [2.75, 3.05) is 11.9 Å². The van der Waals surface area contributed by atoms with Crippen molar-refractivity contribution in [3.05, 3.63) is 65.7 Å². The Morgan fingerprint density at radius 2 is 1.69 bits per heavy atom. The van der Waals surface area contributed by atoms with Crippen LogP contribution in [0.15, 0.2) is 65.6 Å². The lowest BCUT2D eigenvalue weighted by molar-refractivity contribution is -0.140. The summed E-state index contributed by atoms with van der Waals surface area (Å²) in [6.07, 6.45) is 4.89. The number of benzene rings is 3. The highest BCUT2D eigenvalue weighted by Gasteiger charge is 2.44. The molecule has 2 N–H and O–H groups in total. The van der Waals surface area contributed by atoms with Crippen LogP contribution in [-0.4, -0.2) is 48.5 Å². The van der Waals surface area contributed by atoms with Crippen LogP contribution in [0, 0.1) is 0 Å². The molecule has 2 aliphatic rings. The lowest BCUT2D eigenvalue weighted by Gasteiger charge is -2.21. The highest BCUT2D eigenvalue weighted by Crippen LogP contribution is 2.32. The largest absolute Gasteiger partial charge is 0.490 e. The molecule has 1 aliphatic heterocycles. The molecule has 1 saturated heterocycles. The number of nitrogens with zero attached hydrogens (tertiary/aromatic N) is 1. The van der Waals surface area contributed by atoms with Gasteiger partial charge in [-0.05, 0) is 91.4 Å². The maximum Gasteiger partial charge on any atom is 0.322 e. The predicted molar refractivity (Wildman–Crippen MR) is 136 cm³/mol. The molecule has 0 radical (unpaired) electrons. The van der Waals surface area contributed by atoms with Gasteiger partial charge in [-0.2, -0.15) is 4.31 Å². The summed E-state index contributed by atoms with van der Waals surface area (Å²) in [7, 11) is -4.02. The van der Waals surface area contributed by atoms with Crippen LogP contribution in [-0.2, 0) is 14.8 Å². The van der Waals surface area contributed by atoms with E-state index in [1.165, 1.54) is 18.9 Å². The highest BCUT2D eigenvalue weighted by molar-refractivity contribution is 7.89. The fraction of sp³-hybridized carbons (Fsp3) is 0.346. The fourth-order valence-corrected chi connectivity index (χ4v) is 6.75. The first-order chi connectivity index (χ1) is 16.8. The number of carbonyl (C=O) groups is 1. The summed E-state index contributed by atoms with van der Waals surface area (Å²) < 4.78 is 34.2. The van der Waals surface area contributed by atoms with Gasteiger partial charge in [0.15, 0.2) is 0 Å². The minimum Gasteiger partial charge on any atom is -0.490 e. The Hall–Kier alpha value is -2.81. The fourth-order valence-electron chi connectivity index (χ4n) is 4.95. The zero-order valence-corrected chi connectivity index (χ0v) is 20.6. The number of halogens is 1. The third-order valence-electron chi connectivity index (χ3n) is 6.75. The molecule has 0 spiro atoms. The first-order valence-corrected chi connectivity index (χ1v) is 13.6. The maximum atomic E-state index is 13.5. The topological polar surface area (TPSA) is 95.9 Å². The Bertz CT molecular complexity index is 1340. The summed E-state index contributed by atoms with van der Waals surface area (Å²) in [6, 6.07) is 16.0. The van der Waals surface area contributed by atoms with Gasteiger partial charge in [0.1, 0.15) is 11.8 Å². The molecule has 0 amide bonds. The molecule has 1 heterocycles. The number of anilines is 1. The minimum absolute atomic E-state index is 0.0497. The molecule has 2 fully saturated rings. The molecule has 2 atom stereocenters. The van der Waals surface area contributed by atoms with Crippen LogP contribution >= 0.6 is 11.6 Å². The molecule has 5 rings (SSSR count). The minimum atomic E-state index is -4.02. The van der Waals surface area contributed by atoms with E-state index in [4.69, 9.17) is 16.3 Å². The monoisotopic (exact) mass is 514 g/mol. The van der Waals surface area contributed by atoms with Crippen molar-refractivity contribution in [1.82, 2.24) is 4.31 Å². The number of carboxylic acids is 1. The Labute approximate surface area is 209 Å². The van der Waals surface area contributed by atoms with E-state index in [9.17, 15) is 18.3 Å². The number of sulfonamides is 1. The van der Waals surface area contributed by atoms with Crippen LogP contribution < -0.4 is 10.1 Å². The molecule has 184 valence electrons. The summed E-state index contributed by atoms with van der Waals surface area (Å²) in [5.74, 6) is -0.384. The van der Waals surface area contributed by atoms with E-state index in [0.717, 1.165) is 39.4 Å². The normalized spacial score (nSPS) is 21.4. The zero-order chi connectivity index (χ0) is 24.6. The molecule has 3 aromatic carbocycles. The lowest BCUT2D eigenvalue weighted by atomic mass is 10.1. The number of hydrogen-bond acceptors (Lipinski definition) is 5. The Morgan fingerprint density at radius 1 is 1.00 bits per heavy atom. The molecule has 0 aromatic heterocycles. The molecule has 7 nitrogen and oxygen atoms in total. The van der Waals surface area contributed by atoms with Gasteiger partial charge in [0.05, 0.1) is 11.0 Å². The van der Waals surface area contributed by atoms with E-state index in [0.29, 0.717) is 5.02 Å². The summed E-state index contributed by atoms with van der Waals surface area (Å²) in [6.45, 7) is 0.0497. The Kier molecular flexibility index (Phi) is 6.61. The molecule has 3 aromatic rings. The first-order valence-electron chi connectivity index (χ1n) is 11.8. The molecular formula is C26H27ClN2O5S. The van der Waals surface area contributed by atoms with Gasteiger partial charge in [0.25, 0.3) is 0 Å². The van der Waals surface area contributed by atoms with Crippen molar-refractivity contribution < 1.29 is 23.1 Å². The second-order valence-electron chi connectivity index (χ2n) is 9.21. The summed E-state index contributed by atoms with van der Waals surface area (Å²) in [5.41, 5.74) is 0.754. The Morgan fingerprint density at radius 3 is 2.40 bits per heavy atom. The summed E-state index contributed by atoms with van der Waals surface area (Å²) in [4.78, 5) is 12.0. The van der Waals surface area contributed by atoms with Gasteiger partial charge in [-0.25, -0.2) is 8.42 Å². The SMILES string of the molecule is O=C(O)[C@@H]1CC(Nc2ccc(Cl)cc2)CN1S(=O)(=O)c1ccc2cc(OC3CCCC3)ccc2c1. The van der Waals surface area contributed by atoms with Crippen LogP contribution in [0.5, 0.6) is 5.75 Å². The van der Waals surface area contributed by atoms with Gasteiger partial charge >= 0.3 is 5.97 Å². The van der Waals surface area contributed by atoms with E-state index >= 15 is 0 Å². The molecule has 35 heavy (non-hydrogen) atoms. The molecule has 1 unspecified atom stereocenters. The number of hydrogen-bond donors (Lipinski definition) is 2. The predicted octanol–water partition coefficient (Wildman–Crippen LogP) is 5.14. The van der Waals surface area contributed by atoms with Gasteiger partial charge < -0.3 is 15.2 Å². The van der Waals surface area contributed by atoms with E-state index in [1.807, 2.05) is 18.2 Å². The van der Waals surface area contributed by atoms with Crippen LogP contribution in [0.25, 0.3) is 10.8 Å². The van der Waals surface area contributed by atoms with Gasteiger partial charge in [0.2, 0.25) is 10.0 Å². The maximum absolute atomic E-state index is 13.5. The molecule has 1 saturated carbocycles. The smallest absolute Gasteiger partial charge is 0.322 e. The third kappa shape index (κ3) is 5.10. The van der Waals surface area contributed by atoms with Crippen LogP contribution in [0.3, 0.4) is 0 Å². The van der Waals surface area contributed by atoms with E-state index in [2.05, 4.69) is 5.32 Å². The Balaban J connectivity index is 1.37. The molecule has 9 heteroatoms. The first kappa shape index (κ1) is 23.9. The number of aliphatic carboxylic acids is 1. The zero-order valence-electron chi connectivity index (χ0n) is 19.1. The van der Waals surface area contributed by atoms with Gasteiger partial charge in [0, 0.05) is 23.3 Å². The van der Waals surface area contributed by atoms with Crippen molar-refractivity contribution >= 4 is 44.1 Å². The number of rotatable bonds is 7. The van der Waals surface area contributed by atoms with Crippen molar-refractivity contribution in [2.24, 2.45) is 0 Å². The van der Waals surface area contributed by atoms with Gasteiger partial charge in [-0.15, -0.1) is 0 Å². The summed E-state index contributed by atoms with van der Waals surface area (Å²) >= 11 is 5.93. The van der Waals surface area contributed by atoms with E-state index in [1.54, 1.807) is 36.4 Å². The summed E-state index contributed by atoms with van der Waals surface area (Å²) in [5, 5.41) is 15.2. The second-order valence-corrected chi connectivity index (χ2v) is 11.5. The number of fused-ring (bicyclic) bond motifs is 1. The van der Waals surface area contributed by atoms with Gasteiger partial charge in [-0.3, -0.25) is 4.79 Å². The molecule has 0 bridgehead atoms. The standard InChI is InChI=1S/C26H27ClN2O5S/c27-19-7-9-20(10-8-19)28-21-15-25(26(30)31)29(16-21)35(32,33)24-12-6-17-13-23(11-5-18(17)14-24)34-22-3-1-2-4-22/h5-14,21-22,25,28H,1-4,15-16H2,(H,30,31)/t21?,25-/m0/s1. The third-order valence-corrected chi connectivity index (χ3v) is 8.87.